The molecule has 0 unspecified atom stereocenters. The summed E-state index contributed by atoms with van der Waals surface area (Å²) in [6.45, 7) is 2.18. The van der Waals surface area contributed by atoms with Crippen LogP contribution in [-0.2, 0) is 0 Å². The number of nitrogens with zero attached hydrogens (tertiary/aromatic N) is 2. The van der Waals surface area contributed by atoms with Crippen LogP contribution in [0.1, 0.15) is 18.0 Å². The fourth-order valence-corrected chi connectivity index (χ4v) is 3.08. The molecule has 0 bridgehead atoms. The lowest BCUT2D eigenvalue weighted by molar-refractivity contribution is 0.748. The van der Waals surface area contributed by atoms with Crippen LogP contribution in [0.3, 0.4) is 0 Å². The van der Waals surface area contributed by atoms with Crippen LogP contribution in [0.2, 0.25) is 0 Å². The lowest BCUT2D eigenvalue weighted by atomic mass is 10.1. The maximum atomic E-state index is 4.67. The molecule has 0 aliphatic carbocycles. The van der Waals surface area contributed by atoms with Crippen molar-refractivity contribution in [2.45, 2.75) is 12.3 Å². The average molecular weight is 222 g/mol. The third-order valence-corrected chi connectivity index (χ3v) is 3.84. The molecular formula is C10H14N4S. The number of hydrogen-bond acceptors (Lipinski definition) is 4. The van der Waals surface area contributed by atoms with Gasteiger partial charge in [0.25, 0.3) is 0 Å². The maximum Gasteiger partial charge on any atom is 0.208 e. The van der Waals surface area contributed by atoms with Crippen LogP contribution in [0.5, 0.6) is 0 Å². The van der Waals surface area contributed by atoms with Crippen LogP contribution < -0.4 is 10.6 Å². The standard InChI is InChI=1S/C10H14N4S/c1-11-10-13-8(7-2-3-12-6-7)9-14(10)4-5-15-9/h4-5,7,12H,2-3,6H2,1H3,(H,11,13)/t7-/m1/s1. The molecule has 1 aliphatic heterocycles. The van der Waals surface area contributed by atoms with Gasteiger partial charge in [-0.05, 0) is 13.0 Å². The SMILES string of the molecule is CNc1nc([C@@H]2CCNC2)c2sccn12. The molecule has 2 aromatic rings. The Kier molecular flexibility index (Phi) is 2.14. The largest absolute Gasteiger partial charge is 0.358 e. The summed E-state index contributed by atoms with van der Waals surface area (Å²) in [5.74, 6) is 1.54. The molecule has 4 nitrogen and oxygen atoms in total. The minimum Gasteiger partial charge on any atom is -0.358 e. The first kappa shape index (κ1) is 9.18. The molecule has 0 amide bonds. The predicted molar refractivity (Wildman–Crippen MR) is 62.8 cm³/mol. The van der Waals surface area contributed by atoms with Crippen molar-refractivity contribution < 1.29 is 0 Å². The third-order valence-electron chi connectivity index (χ3n) is 2.95. The van der Waals surface area contributed by atoms with Crippen LogP contribution in [0.4, 0.5) is 5.95 Å². The van der Waals surface area contributed by atoms with E-state index < -0.39 is 0 Å². The highest BCUT2D eigenvalue weighted by atomic mass is 32.1. The Morgan fingerprint density at radius 2 is 2.60 bits per heavy atom. The number of nitrogens with one attached hydrogen (secondary N) is 2. The van der Waals surface area contributed by atoms with Crippen molar-refractivity contribution in [3.05, 3.63) is 17.3 Å². The van der Waals surface area contributed by atoms with Crippen molar-refractivity contribution in [2.24, 2.45) is 0 Å². The third kappa shape index (κ3) is 1.34. The van der Waals surface area contributed by atoms with Gasteiger partial charge in [-0.1, -0.05) is 0 Å². The lowest BCUT2D eigenvalue weighted by Gasteiger charge is -2.02. The van der Waals surface area contributed by atoms with Crippen molar-refractivity contribution in [1.29, 1.82) is 0 Å². The normalized spacial score (nSPS) is 21.3. The molecule has 1 fully saturated rings. The van der Waals surface area contributed by atoms with E-state index in [1.165, 1.54) is 16.9 Å². The Morgan fingerprint density at radius 1 is 1.67 bits per heavy atom. The summed E-state index contributed by atoms with van der Waals surface area (Å²) in [6.07, 6.45) is 3.28. The molecule has 2 aromatic heterocycles. The van der Waals surface area contributed by atoms with E-state index in [1.54, 1.807) is 11.3 Å². The summed E-state index contributed by atoms with van der Waals surface area (Å²) in [6, 6.07) is 0. The van der Waals surface area contributed by atoms with E-state index in [-0.39, 0.29) is 0 Å². The van der Waals surface area contributed by atoms with E-state index in [0.717, 1.165) is 19.0 Å². The van der Waals surface area contributed by atoms with Crippen LogP contribution >= 0.6 is 11.3 Å². The highest BCUT2D eigenvalue weighted by Gasteiger charge is 2.23. The van der Waals surface area contributed by atoms with Gasteiger partial charge in [0.1, 0.15) is 4.83 Å². The topological polar surface area (TPSA) is 41.4 Å². The van der Waals surface area contributed by atoms with Crippen LogP contribution in [0.15, 0.2) is 11.6 Å². The summed E-state index contributed by atoms with van der Waals surface area (Å²) >= 11 is 1.77. The first-order valence-electron chi connectivity index (χ1n) is 5.24. The van der Waals surface area contributed by atoms with Gasteiger partial charge < -0.3 is 10.6 Å². The van der Waals surface area contributed by atoms with Crippen molar-refractivity contribution in [3.63, 3.8) is 0 Å². The van der Waals surface area contributed by atoms with Gasteiger partial charge in [0.15, 0.2) is 0 Å². The van der Waals surface area contributed by atoms with E-state index in [4.69, 9.17) is 0 Å². The summed E-state index contributed by atoms with van der Waals surface area (Å²) < 4.78 is 2.14. The van der Waals surface area contributed by atoms with Gasteiger partial charge in [0.2, 0.25) is 5.95 Å². The van der Waals surface area contributed by atoms with Crippen LogP contribution in [0, 0.1) is 0 Å². The second kappa shape index (κ2) is 3.50. The molecule has 0 spiro atoms. The van der Waals surface area contributed by atoms with Gasteiger partial charge in [-0.3, -0.25) is 4.40 Å². The van der Waals surface area contributed by atoms with E-state index >= 15 is 0 Å². The number of anilines is 1. The van der Waals surface area contributed by atoms with Gasteiger partial charge >= 0.3 is 0 Å². The molecule has 80 valence electrons. The van der Waals surface area contributed by atoms with Gasteiger partial charge in [0, 0.05) is 31.1 Å². The summed E-state index contributed by atoms with van der Waals surface area (Å²) in [7, 11) is 1.92. The van der Waals surface area contributed by atoms with Crippen LogP contribution in [0.25, 0.3) is 4.83 Å². The second-order valence-electron chi connectivity index (χ2n) is 3.84. The molecule has 15 heavy (non-hydrogen) atoms. The maximum absolute atomic E-state index is 4.67. The number of aromatic nitrogens is 2. The van der Waals surface area contributed by atoms with Gasteiger partial charge in [-0.15, -0.1) is 11.3 Å². The zero-order valence-corrected chi connectivity index (χ0v) is 9.47. The molecule has 3 rings (SSSR count). The number of fused-ring (bicyclic) bond motifs is 1. The smallest absolute Gasteiger partial charge is 0.208 e. The monoisotopic (exact) mass is 222 g/mol. The van der Waals surface area contributed by atoms with Crippen molar-refractivity contribution >= 4 is 22.1 Å². The lowest BCUT2D eigenvalue weighted by Crippen LogP contribution is -2.08. The molecule has 5 heteroatoms. The molecule has 1 aliphatic rings. The van der Waals surface area contributed by atoms with Crippen LogP contribution in [-0.4, -0.2) is 29.5 Å². The molecule has 1 saturated heterocycles. The number of thiazole rings is 1. The first-order valence-corrected chi connectivity index (χ1v) is 6.12. The zero-order valence-electron chi connectivity index (χ0n) is 8.66. The molecular weight excluding hydrogens is 208 g/mol. The minimum absolute atomic E-state index is 0.584. The van der Waals surface area contributed by atoms with Crippen molar-refractivity contribution in [3.8, 4) is 0 Å². The molecule has 3 heterocycles. The van der Waals surface area contributed by atoms with E-state index in [9.17, 15) is 0 Å². The molecule has 0 saturated carbocycles. The Labute approximate surface area is 92.3 Å². The Bertz CT molecular complexity index is 467. The number of imidazole rings is 1. The minimum atomic E-state index is 0.584. The highest BCUT2D eigenvalue weighted by Crippen LogP contribution is 2.30. The van der Waals surface area contributed by atoms with Gasteiger partial charge in [-0.2, -0.15) is 0 Å². The highest BCUT2D eigenvalue weighted by molar-refractivity contribution is 7.15. The fourth-order valence-electron chi connectivity index (χ4n) is 2.18. The molecule has 0 aromatic carbocycles. The van der Waals surface area contributed by atoms with E-state index in [2.05, 4.69) is 31.6 Å². The zero-order chi connectivity index (χ0) is 10.3. The Balaban J connectivity index is 2.12. The molecule has 0 radical (unpaired) electrons. The second-order valence-corrected chi connectivity index (χ2v) is 4.73. The summed E-state index contributed by atoms with van der Waals surface area (Å²) in [4.78, 5) is 5.96. The van der Waals surface area contributed by atoms with Gasteiger partial charge in [-0.25, -0.2) is 4.98 Å². The predicted octanol–water partition coefficient (Wildman–Crippen LogP) is 1.51. The summed E-state index contributed by atoms with van der Waals surface area (Å²) in [5, 5.41) is 8.64. The fraction of sp³-hybridized carbons (Fsp3) is 0.500. The first-order chi connectivity index (χ1) is 7.40. The van der Waals surface area contributed by atoms with E-state index in [1.807, 2.05) is 7.05 Å². The number of rotatable bonds is 2. The molecule has 2 N–H and O–H groups in total. The van der Waals surface area contributed by atoms with Crippen molar-refractivity contribution in [2.75, 3.05) is 25.5 Å². The number of hydrogen-bond donors (Lipinski definition) is 2. The van der Waals surface area contributed by atoms with E-state index in [0.29, 0.717) is 5.92 Å². The Hall–Kier alpha value is -1.07. The van der Waals surface area contributed by atoms with Crippen molar-refractivity contribution in [1.82, 2.24) is 14.7 Å². The quantitative estimate of drug-likeness (QED) is 0.809. The summed E-state index contributed by atoms with van der Waals surface area (Å²) in [5.41, 5.74) is 1.25. The van der Waals surface area contributed by atoms with Gasteiger partial charge in [0.05, 0.1) is 5.69 Å². The Morgan fingerprint density at radius 3 is 3.33 bits per heavy atom. The molecule has 1 atom stereocenters. The average Bonchev–Trinajstić information content (AvgIpc) is 2.94.